The van der Waals surface area contributed by atoms with E-state index in [4.69, 9.17) is 9.47 Å². The summed E-state index contributed by atoms with van der Waals surface area (Å²) in [6.45, 7) is 0. The zero-order valence-corrected chi connectivity index (χ0v) is 11.5. The number of benzene rings is 2. The lowest BCUT2D eigenvalue weighted by Gasteiger charge is -2.07. The molecule has 0 fully saturated rings. The molecule has 0 amide bonds. The van der Waals surface area contributed by atoms with Crippen molar-refractivity contribution in [1.82, 2.24) is 0 Å². The van der Waals surface area contributed by atoms with Gasteiger partial charge in [-0.25, -0.2) is 0 Å². The lowest BCUT2D eigenvalue weighted by Crippen LogP contribution is -1.93. The molecular weight excluding hydrogens is 252 g/mol. The average Bonchev–Trinajstić information content (AvgIpc) is 2.53. The average molecular weight is 268 g/mol. The lowest BCUT2D eigenvalue weighted by molar-refractivity contribution is 0.104. The van der Waals surface area contributed by atoms with Gasteiger partial charge in [0.05, 0.1) is 14.2 Å². The minimum Gasteiger partial charge on any atom is -0.493 e. The Morgan fingerprint density at radius 2 is 1.65 bits per heavy atom. The van der Waals surface area contributed by atoms with Gasteiger partial charge in [0.15, 0.2) is 17.3 Å². The van der Waals surface area contributed by atoms with E-state index in [2.05, 4.69) is 0 Å². The SMILES string of the molecule is COc1ccc(/C=C\C(=O)c2ccccc2)cc1OC. The van der Waals surface area contributed by atoms with Crippen molar-refractivity contribution < 1.29 is 14.3 Å². The van der Waals surface area contributed by atoms with Crippen LogP contribution < -0.4 is 9.47 Å². The van der Waals surface area contributed by atoms with Crippen molar-refractivity contribution in [2.75, 3.05) is 14.2 Å². The number of rotatable bonds is 5. The first-order valence-corrected chi connectivity index (χ1v) is 6.24. The minimum absolute atomic E-state index is 0.0274. The highest BCUT2D eigenvalue weighted by atomic mass is 16.5. The maximum atomic E-state index is 12.0. The highest BCUT2D eigenvalue weighted by Gasteiger charge is 2.04. The van der Waals surface area contributed by atoms with Gasteiger partial charge in [0.2, 0.25) is 0 Å². The van der Waals surface area contributed by atoms with Crippen LogP contribution in [-0.2, 0) is 0 Å². The molecule has 0 atom stereocenters. The fourth-order valence-electron chi connectivity index (χ4n) is 1.83. The fraction of sp³-hybridized carbons (Fsp3) is 0.118. The normalized spacial score (nSPS) is 10.5. The molecule has 0 aliphatic carbocycles. The van der Waals surface area contributed by atoms with Gasteiger partial charge in [-0.15, -0.1) is 0 Å². The molecule has 2 aromatic carbocycles. The topological polar surface area (TPSA) is 35.5 Å². The van der Waals surface area contributed by atoms with Crippen LogP contribution in [0.2, 0.25) is 0 Å². The Kier molecular flexibility index (Phi) is 4.56. The number of ether oxygens (including phenoxy) is 2. The standard InChI is InChI=1S/C17H16O3/c1-19-16-11-9-13(12-17(16)20-2)8-10-15(18)14-6-4-3-5-7-14/h3-12H,1-2H3/b10-8-. The van der Waals surface area contributed by atoms with Gasteiger partial charge in [0.25, 0.3) is 0 Å². The Labute approximate surface area is 118 Å². The van der Waals surface area contributed by atoms with E-state index in [1.807, 2.05) is 36.4 Å². The molecule has 0 aliphatic rings. The van der Waals surface area contributed by atoms with Crippen molar-refractivity contribution in [2.45, 2.75) is 0 Å². The maximum Gasteiger partial charge on any atom is 0.185 e. The first-order valence-electron chi connectivity index (χ1n) is 6.24. The van der Waals surface area contributed by atoms with Gasteiger partial charge >= 0.3 is 0 Å². The largest absolute Gasteiger partial charge is 0.493 e. The zero-order valence-electron chi connectivity index (χ0n) is 11.5. The number of allylic oxidation sites excluding steroid dienone is 1. The van der Waals surface area contributed by atoms with Crippen molar-refractivity contribution in [3.8, 4) is 11.5 Å². The molecule has 0 aliphatic heterocycles. The molecule has 0 unspecified atom stereocenters. The van der Waals surface area contributed by atoms with Crippen LogP contribution in [0, 0.1) is 0 Å². The molecule has 0 saturated carbocycles. The summed E-state index contributed by atoms with van der Waals surface area (Å²) in [4.78, 5) is 12.0. The molecule has 0 bridgehead atoms. The second kappa shape index (κ2) is 6.57. The van der Waals surface area contributed by atoms with E-state index in [0.717, 1.165) is 5.56 Å². The van der Waals surface area contributed by atoms with Crippen molar-refractivity contribution in [3.05, 3.63) is 65.7 Å². The summed E-state index contributed by atoms with van der Waals surface area (Å²) in [5, 5.41) is 0. The third kappa shape index (κ3) is 3.26. The highest BCUT2D eigenvalue weighted by Crippen LogP contribution is 2.27. The number of carbonyl (C=O) groups is 1. The molecule has 20 heavy (non-hydrogen) atoms. The molecule has 0 saturated heterocycles. The quantitative estimate of drug-likeness (QED) is 0.614. The van der Waals surface area contributed by atoms with Crippen LogP contribution in [0.4, 0.5) is 0 Å². The molecule has 0 spiro atoms. The summed E-state index contributed by atoms with van der Waals surface area (Å²) >= 11 is 0. The van der Waals surface area contributed by atoms with Gasteiger partial charge in [-0.2, -0.15) is 0 Å². The molecule has 3 heteroatoms. The van der Waals surface area contributed by atoms with Crippen LogP contribution in [0.1, 0.15) is 15.9 Å². The molecule has 2 rings (SSSR count). The molecule has 3 nitrogen and oxygen atoms in total. The maximum absolute atomic E-state index is 12.0. The van der Waals surface area contributed by atoms with Crippen molar-refractivity contribution >= 4 is 11.9 Å². The Balaban J connectivity index is 2.17. The van der Waals surface area contributed by atoms with Crippen molar-refractivity contribution in [1.29, 1.82) is 0 Å². The summed E-state index contributed by atoms with van der Waals surface area (Å²) < 4.78 is 10.4. The molecule has 2 aromatic rings. The molecule has 0 heterocycles. The van der Waals surface area contributed by atoms with Gasteiger partial charge < -0.3 is 9.47 Å². The van der Waals surface area contributed by atoms with E-state index in [9.17, 15) is 4.79 Å². The molecular formula is C17H16O3. The molecule has 0 aromatic heterocycles. The number of methoxy groups -OCH3 is 2. The van der Waals surface area contributed by atoms with Gasteiger partial charge in [-0.05, 0) is 23.8 Å². The highest BCUT2D eigenvalue weighted by molar-refractivity contribution is 6.06. The van der Waals surface area contributed by atoms with Gasteiger partial charge in [0.1, 0.15) is 0 Å². The van der Waals surface area contributed by atoms with E-state index in [-0.39, 0.29) is 5.78 Å². The summed E-state index contributed by atoms with van der Waals surface area (Å²) in [6.07, 6.45) is 3.31. The number of ketones is 1. The third-order valence-electron chi connectivity index (χ3n) is 2.89. The zero-order chi connectivity index (χ0) is 14.4. The Hall–Kier alpha value is -2.55. The smallest absolute Gasteiger partial charge is 0.185 e. The Morgan fingerprint density at radius 3 is 2.30 bits per heavy atom. The first-order chi connectivity index (χ1) is 9.74. The van der Waals surface area contributed by atoms with E-state index >= 15 is 0 Å². The Bertz CT molecular complexity index is 615. The van der Waals surface area contributed by atoms with Gasteiger partial charge in [0, 0.05) is 5.56 Å². The second-order valence-electron chi connectivity index (χ2n) is 4.18. The second-order valence-corrected chi connectivity index (χ2v) is 4.18. The van der Waals surface area contributed by atoms with Crippen molar-refractivity contribution in [3.63, 3.8) is 0 Å². The van der Waals surface area contributed by atoms with E-state index < -0.39 is 0 Å². The van der Waals surface area contributed by atoms with Crippen LogP contribution in [0.25, 0.3) is 6.08 Å². The Morgan fingerprint density at radius 1 is 0.950 bits per heavy atom. The number of hydrogen-bond donors (Lipinski definition) is 0. The van der Waals surface area contributed by atoms with Gasteiger partial charge in [-0.1, -0.05) is 42.5 Å². The van der Waals surface area contributed by atoms with Crippen molar-refractivity contribution in [2.24, 2.45) is 0 Å². The van der Waals surface area contributed by atoms with Crippen LogP contribution in [0.15, 0.2) is 54.6 Å². The molecule has 102 valence electrons. The van der Waals surface area contributed by atoms with E-state index in [0.29, 0.717) is 17.1 Å². The van der Waals surface area contributed by atoms with Crippen LogP contribution in [0.5, 0.6) is 11.5 Å². The molecule has 0 radical (unpaired) electrons. The van der Waals surface area contributed by atoms with Crippen LogP contribution in [0.3, 0.4) is 0 Å². The number of hydrogen-bond acceptors (Lipinski definition) is 3. The molecule has 0 N–H and O–H groups in total. The summed E-state index contributed by atoms with van der Waals surface area (Å²) in [5.41, 5.74) is 1.55. The first kappa shape index (κ1) is 13.9. The van der Waals surface area contributed by atoms with E-state index in [1.54, 1.807) is 38.5 Å². The van der Waals surface area contributed by atoms with Crippen LogP contribution in [-0.4, -0.2) is 20.0 Å². The summed E-state index contributed by atoms with van der Waals surface area (Å²) in [6, 6.07) is 14.7. The number of carbonyl (C=O) groups excluding carboxylic acids is 1. The fourth-order valence-corrected chi connectivity index (χ4v) is 1.83. The predicted molar refractivity (Wildman–Crippen MR) is 79.4 cm³/mol. The van der Waals surface area contributed by atoms with Gasteiger partial charge in [-0.3, -0.25) is 4.79 Å². The van der Waals surface area contributed by atoms with Crippen LogP contribution >= 0.6 is 0 Å². The third-order valence-corrected chi connectivity index (χ3v) is 2.89. The minimum atomic E-state index is -0.0274. The monoisotopic (exact) mass is 268 g/mol. The summed E-state index contributed by atoms with van der Waals surface area (Å²) in [7, 11) is 3.17. The lowest BCUT2D eigenvalue weighted by atomic mass is 10.1. The van der Waals surface area contributed by atoms with E-state index in [1.165, 1.54) is 0 Å². The summed E-state index contributed by atoms with van der Waals surface area (Å²) in [5.74, 6) is 1.28. The predicted octanol–water partition coefficient (Wildman–Crippen LogP) is 3.60.